The van der Waals surface area contributed by atoms with Crippen LogP contribution >= 0.6 is 12.2 Å². The van der Waals surface area contributed by atoms with Gasteiger partial charge in [0.15, 0.2) is 0 Å². The van der Waals surface area contributed by atoms with E-state index in [1.165, 1.54) is 4.90 Å². The Morgan fingerprint density at radius 1 is 1.35 bits per heavy atom. The average Bonchev–Trinajstić information content (AvgIpc) is 2.75. The summed E-state index contributed by atoms with van der Waals surface area (Å²) >= 11 is 4.86. The number of urea groups is 1. The van der Waals surface area contributed by atoms with Crippen molar-refractivity contribution in [2.24, 2.45) is 5.73 Å². The van der Waals surface area contributed by atoms with Crippen LogP contribution in [-0.4, -0.2) is 41.5 Å². The summed E-state index contributed by atoms with van der Waals surface area (Å²) in [6.07, 6.45) is 0.580. The van der Waals surface area contributed by atoms with Crippen LogP contribution < -0.4 is 15.8 Å². The van der Waals surface area contributed by atoms with Crippen LogP contribution in [0, 0.1) is 0 Å². The molecule has 1 aliphatic heterocycles. The van der Waals surface area contributed by atoms with Crippen molar-refractivity contribution in [3.63, 3.8) is 0 Å². The SMILES string of the molecule is NC(=S)c1ccc(OCCCN2C(=O)CNC2=O)cc1. The zero-order valence-corrected chi connectivity index (χ0v) is 11.6. The molecule has 0 atom stereocenters. The predicted molar refractivity (Wildman–Crippen MR) is 77.6 cm³/mol. The van der Waals surface area contributed by atoms with Crippen LogP contribution in [0.25, 0.3) is 0 Å². The quantitative estimate of drug-likeness (QED) is 0.457. The van der Waals surface area contributed by atoms with E-state index in [0.29, 0.717) is 30.3 Å². The van der Waals surface area contributed by atoms with Crippen LogP contribution in [0.1, 0.15) is 12.0 Å². The number of nitrogens with one attached hydrogen (secondary N) is 1. The highest BCUT2D eigenvalue weighted by molar-refractivity contribution is 7.80. The summed E-state index contributed by atoms with van der Waals surface area (Å²) in [5, 5.41) is 2.47. The first-order valence-electron chi connectivity index (χ1n) is 6.19. The van der Waals surface area contributed by atoms with Gasteiger partial charge in [0.05, 0.1) is 13.2 Å². The summed E-state index contributed by atoms with van der Waals surface area (Å²) in [7, 11) is 0. The van der Waals surface area contributed by atoms with Crippen LogP contribution in [-0.2, 0) is 4.79 Å². The maximum absolute atomic E-state index is 11.3. The van der Waals surface area contributed by atoms with Gasteiger partial charge in [-0.1, -0.05) is 12.2 Å². The Hall–Kier alpha value is -2.15. The molecule has 20 heavy (non-hydrogen) atoms. The third-order valence-corrected chi connectivity index (χ3v) is 3.11. The molecule has 1 aromatic rings. The molecule has 1 aliphatic rings. The third kappa shape index (κ3) is 3.45. The Kier molecular flexibility index (Phi) is 4.52. The lowest BCUT2D eigenvalue weighted by Gasteiger charge is -2.12. The lowest BCUT2D eigenvalue weighted by molar-refractivity contribution is -0.125. The summed E-state index contributed by atoms with van der Waals surface area (Å²) in [6.45, 7) is 0.860. The van der Waals surface area contributed by atoms with Gasteiger partial charge in [-0.2, -0.15) is 0 Å². The van der Waals surface area contributed by atoms with Crippen molar-refractivity contribution in [3.8, 4) is 5.75 Å². The molecule has 0 saturated carbocycles. The fraction of sp³-hybridized carbons (Fsp3) is 0.308. The standard InChI is InChI=1S/C13H15N3O3S/c14-12(20)9-2-4-10(5-3-9)19-7-1-6-16-11(17)8-15-13(16)18/h2-5H,1,6-8H2,(H2,14,20)(H,15,18). The Balaban J connectivity index is 1.74. The topological polar surface area (TPSA) is 84.7 Å². The van der Waals surface area contributed by atoms with Crippen LogP contribution in [0.15, 0.2) is 24.3 Å². The minimum Gasteiger partial charge on any atom is -0.494 e. The molecule has 1 heterocycles. The van der Waals surface area contributed by atoms with Gasteiger partial charge in [-0.05, 0) is 30.7 Å². The molecule has 1 saturated heterocycles. The van der Waals surface area contributed by atoms with Gasteiger partial charge in [-0.25, -0.2) is 4.79 Å². The Labute approximate surface area is 121 Å². The highest BCUT2D eigenvalue weighted by atomic mass is 32.1. The van der Waals surface area contributed by atoms with E-state index in [1.807, 2.05) is 0 Å². The number of nitrogens with two attached hydrogens (primary N) is 1. The van der Waals surface area contributed by atoms with Crippen LogP contribution in [0.5, 0.6) is 5.75 Å². The van der Waals surface area contributed by atoms with Crippen molar-refractivity contribution in [2.75, 3.05) is 19.7 Å². The zero-order chi connectivity index (χ0) is 14.5. The van der Waals surface area contributed by atoms with Crippen LogP contribution in [0.4, 0.5) is 4.79 Å². The monoisotopic (exact) mass is 293 g/mol. The number of rotatable bonds is 6. The molecule has 0 radical (unpaired) electrons. The zero-order valence-electron chi connectivity index (χ0n) is 10.8. The fourth-order valence-corrected chi connectivity index (χ4v) is 1.95. The molecule has 2 rings (SSSR count). The first-order chi connectivity index (χ1) is 9.58. The highest BCUT2D eigenvalue weighted by Gasteiger charge is 2.27. The van der Waals surface area contributed by atoms with Crippen molar-refractivity contribution >= 4 is 29.1 Å². The molecule has 0 unspecified atom stereocenters. The maximum Gasteiger partial charge on any atom is 0.324 e. The summed E-state index contributed by atoms with van der Waals surface area (Å²) in [4.78, 5) is 24.1. The van der Waals surface area contributed by atoms with Crippen LogP contribution in [0.3, 0.4) is 0 Å². The largest absolute Gasteiger partial charge is 0.494 e. The number of amides is 3. The smallest absolute Gasteiger partial charge is 0.324 e. The second kappa shape index (κ2) is 6.33. The molecule has 1 fully saturated rings. The molecule has 106 valence electrons. The average molecular weight is 293 g/mol. The molecule has 3 amide bonds. The van der Waals surface area contributed by atoms with Gasteiger partial charge in [0.1, 0.15) is 10.7 Å². The molecule has 1 aromatic carbocycles. The summed E-state index contributed by atoms with van der Waals surface area (Å²) in [5.41, 5.74) is 6.28. The van der Waals surface area contributed by atoms with E-state index in [-0.39, 0.29) is 18.5 Å². The second-order valence-electron chi connectivity index (χ2n) is 4.29. The van der Waals surface area contributed by atoms with Crippen molar-refractivity contribution in [1.29, 1.82) is 0 Å². The van der Waals surface area contributed by atoms with Gasteiger partial charge in [0.2, 0.25) is 5.91 Å². The Morgan fingerprint density at radius 3 is 2.60 bits per heavy atom. The number of imide groups is 1. The highest BCUT2D eigenvalue weighted by Crippen LogP contribution is 2.12. The Morgan fingerprint density at radius 2 is 2.05 bits per heavy atom. The number of ether oxygens (including phenoxy) is 1. The van der Waals surface area contributed by atoms with Gasteiger partial charge in [0, 0.05) is 12.1 Å². The van der Waals surface area contributed by atoms with Crippen molar-refractivity contribution in [1.82, 2.24) is 10.2 Å². The van der Waals surface area contributed by atoms with Gasteiger partial charge in [-0.15, -0.1) is 0 Å². The van der Waals surface area contributed by atoms with Crippen molar-refractivity contribution in [2.45, 2.75) is 6.42 Å². The van der Waals surface area contributed by atoms with Gasteiger partial charge >= 0.3 is 6.03 Å². The minimum atomic E-state index is -0.337. The van der Waals surface area contributed by atoms with Gasteiger partial charge < -0.3 is 15.8 Å². The Bertz CT molecular complexity index is 514. The second-order valence-corrected chi connectivity index (χ2v) is 4.73. The number of benzene rings is 1. The summed E-state index contributed by atoms with van der Waals surface area (Å²) in [5.74, 6) is 0.498. The molecular weight excluding hydrogens is 278 g/mol. The first-order valence-corrected chi connectivity index (χ1v) is 6.59. The fourth-order valence-electron chi connectivity index (χ4n) is 1.81. The molecule has 0 aromatic heterocycles. The molecule has 0 aliphatic carbocycles. The summed E-state index contributed by atoms with van der Waals surface area (Å²) < 4.78 is 5.52. The van der Waals surface area contributed by atoms with E-state index in [2.05, 4.69) is 5.32 Å². The number of carbonyl (C=O) groups excluding carboxylic acids is 2. The number of hydrogen-bond acceptors (Lipinski definition) is 4. The van der Waals surface area contributed by atoms with Crippen molar-refractivity contribution in [3.05, 3.63) is 29.8 Å². The molecule has 3 N–H and O–H groups in total. The van der Waals surface area contributed by atoms with E-state index in [4.69, 9.17) is 22.7 Å². The van der Waals surface area contributed by atoms with Gasteiger partial charge in [0.25, 0.3) is 0 Å². The molecule has 6 nitrogen and oxygen atoms in total. The lowest BCUT2D eigenvalue weighted by atomic mass is 10.2. The summed E-state index contributed by atoms with van der Waals surface area (Å²) in [6, 6.07) is 6.80. The lowest BCUT2D eigenvalue weighted by Crippen LogP contribution is -2.32. The predicted octanol–water partition coefficient (Wildman–Crippen LogP) is 0.641. The number of thiocarbonyl (C=S) groups is 1. The van der Waals surface area contributed by atoms with E-state index in [9.17, 15) is 9.59 Å². The first kappa shape index (κ1) is 14.3. The molecule has 7 heteroatoms. The van der Waals surface area contributed by atoms with E-state index in [1.54, 1.807) is 24.3 Å². The van der Waals surface area contributed by atoms with E-state index < -0.39 is 0 Å². The normalized spacial score (nSPS) is 14.3. The van der Waals surface area contributed by atoms with Crippen LogP contribution in [0.2, 0.25) is 0 Å². The van der Waals surface area contributed by atoms with Crippen molar-refractivity contribution < 1.29 is 14.3 Å². The molecular formula is C13H15N3O3S. The minimum absolute atomic E-state index is 0.0835. The maximum atomic E-state index is 11.3. The third-order valence-electron chi connectivity index (χ3n) is 2.87. The van der Waals surface area contributed by atoms with Gasteiger partial charge in [-0.3, -0.25) is 9.69 Å². The molecule has 0 spiro atoms. The number of carbonyl (C=O) groups is 2. The number of nitrogens with zero attached hydrogens (tertiary/aromatic N) is 1. The van der Waals surface area contributed by atoms with E-state index >= 15 is 0 Å². The van der Waals surface area contributed by atoms with E-state index in [0.717, 1.165) is 5.56 Å². The molecule has 0 bridgehead atoms. The number of hydrogen-bond donors (Lipinski definition) is 2.